The molecule has 12 nitrogen and oxygen atoms in total. The van der Waals surface area contributed by atoms with E-state index in [1.807, 2.05) is 35.7 Å². The van der Waals surface area contributed by atoms with Gasteiger partial charge in [0.05, 0.1) is 26.2 Å². The van der Waals surface area contributed by atoms with Crippen LogP contribution in [0.3, 0.4) is 0 Å². The van der Waals surface area contributed by atoms with Crippen LogP contribution in [0.1, 0.15) is 28.0 Å². The summed E-state index contributed by atoms with van der Waals surface area (Å²) in [5.74, 6) is -3.30. The number of methoxy groups -OCH3 is 2. The molecule has 13 heteroatoms. The van der Waals surface area contributed by atoms with Crippen molar-refractivity contribution in [3.8, 4) is 17.2 Å². The van der Waals surface area contributed by atoms with Gasteiger partial charge in [0.15, 0.2) is 23.9 Å². The van der Waals surface area contributed by atoms with Crippen LogP contribution < -0.4 is 30.2 Å². The van der Waals surface area contributed by atoms with Crippen LogP contribution in [0.4, 0.5) is 0 Å². The number of Topliss-reactive ketones (excluding diaryl/α,β-unsaturated/α-hetero) is 1. The van der Waals surface area contributed by atoms with Gasteiger partial charge in [0, 0.05) is 24.1 Å². The van der Waals surface area contributed by atoms with E-state index in [4.69, 9.17) is 14.2 Å². The second-order valence-electron chi connectivity index (χ2n) is 12.5. The highest BCUT2D eigenvalue weighted by atomic mass is 32.1. The summed E-state index contributed by atoms with van der Waals surface area (Å²) >= 11 is 1.42. The molecule has 3 aromatic carbocycles. The average Bonchev–Trinajstić information content (AvgIpc) is 3.66. The van der Waals surface area contributed by atoms with E-state index in [1.165, 1.54) is 25.6 Å². The Labute approximate surface area is 305 Å². The maximum Gasteiger partial charge on any atom is 0.307 e. The van der Waals surface area contributed by atoms with Crippen molar-refractivity contribution in [1.82, 2.24) is 16.0 Å². The molecule has 2 aliphatic rings. The molecular formula is C39H41N3O9S. The van der Waals surface area contributed by atoms with Crippen molar-refractivity contribution in [3.63, 3.8) is 0 Å². The van der Waals surface area contributed by atoms with Crippen molar-refractivity contribution in [2.75, 3.05) is 20.8 Å². The number of carboxylic acid groups (broad SMARTS) is 1. The third-order valence-electron chi connectivity index (χ3n) is 8.72. The minimum atomic E-state index is -1.22. The fourth-order valence-electron chi connectivity index (χ4n) is 5.95. The molecule has 1 aromatic heterocycles. The van der Waals surface area contributed by atoms with Crippen LogP contribution in [0.2, 0.25) is 0 Å². The number of ketones is 1. The summed E-state index contributed by atoms with van der Waals surface area (Å²) in [6.45, 7) is -0.392. The maximum absolute atomic E-state index is 14.3. The first-order valence-corrected chi connectivity index (χ1v) is 17.6. The molecule has 3 amide bonds. The van der Waals surface area contributed by atoms with Crippen molar-refractivity contribution >= 4 is 40.8 Å². The van der Waals surface area contributed by atoms with E-state index >= 15 is 0 Å². The zero-order chi connectivity index (χ0) is 37.0. The fourth-order valence-corrected chi connectivity index (χ4v) is 6.71. The van der Waals surface area contributed by atoms with Crippen LogP contribution in [0.5, 0.6) is 17.2 Å². The van der Waals surface area contributed by atoms with Gasteiger partial charge in [0.1, 0.15) is 17.8 Å². The number of fused-ring (bicyclic) bond motifs is 16. The monoisotopic (exact) mass is 727 g/mol. The Morgan fingerprint density at radius 1 is 0.750 bits per heavy atom. The second-order valence-corrected chi connectivity index (χ2v) is 13.5. The van der Waals surface area contributed by atoms with E-state index < -0.39 is 60.1 Å². The highest BCUT2D eigenvalue weighted by molar-refractivity contribution is 7.09. The van der Waals surface area contributed by atoms with Crippen molar-refractivity contribution in [3.05, 3.63) is 112 Å². The molecule has 272 valence electrons. The van der Waals surface area contributed by atoms with E-state index in [0.29, 0.717) is 28.4 Å². The molecule has 0 radical (unpaired) electrons. The van der Waals surface area contributed by atoms with Gasteiger partial charge >= 0.3 is 5.97 Å². The number of carbonyl (C=O) groups excluding carboxylic acids is 4. The number of hydrogen-bond acceptors (Lipinski definition) is 9. The molecule has 2 bridgehead atoms. The van der Waals surface area contributed by atoms with Gasteiger partial charge in [-0.05, 0) is 65.2 Å². The smallest absolute Gasteiger partial charge is 0.307 e. The SMILES string of the molecule is COc1ccc(C[C@@H]2NC(=O)[C@H](Cc3cccs3)NC(=O)COc3ccc(cc3)C[C@@H](C(=O)O)CC(=O)[C@H](Cc3ccccc3)NC2=O)cc1OC. The first kappa shape index (κ1) is 37.6. The van der Waals surface area contributed by atoms with Gasteiger partial charge in [-0.3, -0.25) is 24.0 Å². The summed E-state index contributed by atoms with van der Waals surface area (Å²) in [6, 6.07) is 21.0. The molecule has 52 heavy (non-hydrogen) atoms. The standard InChI is InChI=1S/C39H41N3O9S/c1-49-34-15-12-26(20-35(34)50-2)19-31-37(45)41-30(18-24-7-4-3-5-8-24)33(43)21-27(39(47)48)17-25-10-13-28(14-11-25)51-23-36(44)40-32(38(46)42-31)22-29-9-6-16-52-29/h3-16,20,27,30-32H,17-19,21-23H2,1-2H3,(H,40,44)(H,41,45)(H,42,46)(H,47,48)/t27-,30+,31+,32+/m1/s1. The Kier molecular flexibility index (Phi) is 13.0. The van der Waals surface area contributed by atoms with Gasteiger partial charge in [0.25, 0.3) is 5.91 Å². The van der Waals surface area contributed by atoms with Gasteiger partial charge in [0.2, 0.25) is 11.8 Å². The van der Waals surface area contributed by atoms with E-state index in [0.717, 1.165) is 10.4 Å². The van der Waals surface area contributed by atoms with Crippen LogP contribution in [-0.2, 0) is 49.7 Å². The summed E-state index contributed by atoms with van der Waals surface area (Å²) in [6.07, 6.45) is -0.0630. The minimum absolute atomic E-state index is 0.0152. The highest BCUT2D eigenvalue weighted by Crippen LogP contribution is 2.28. The molecule has 4 aromatic rings. The molecule has 0 unspecified atom stereocenters. The van der Waals surface area contributed by atoms with Gasteiger partial charge in [-0.1, -0.05) is 54.6 Å². The van der Waals surface area contributed by atoms with E-state index in [-0.39, 0.29) is 32.1 Å². The fraction of sp³-hybridized carbons (Fsp3) is 0.308. The largest absolute Gasteiger partial charge is 0.493 e. The van der Waals surface area contributed by atoms with Crippen LogP contribution >= 0.6 is 11.3 Å². The average molecular weight is 728 g/mol. The molecular weight excluding hydrogens is 687 g/mol. The number of amides is 3. The number of rotatable bonds is 9. The molecule has 2 aliphatic heterocycles. The first-order chi connectivity index (χ1) is 25.1. The third kappa shape index (κ3) is 10.4. The zero-order valence-electron chi connectivity index (χ0n) is 28.8. The van der Waals surface area contributed by atoms with Crippen LogP contribution in [0.25, 0.3) is 0 Å². The number of aliphatic carboxylic acids is 1. The number of nitrogens with one attached hydrogen (secondary N) is 3. The molecule has 0 fully saturated rings. The lowest BCUT2D eigenvalue weighted by molar-refractivity contribution is -0.144. The van der Waals surface area contributed by atoms with Gasteiger partial charge in [-0.15, -0.1) is 11.3 Å². The van der Waals surface area contributed by atoms with Crippen molar-refractivity contribution in [1.29, 1.82) is 0 Å². The minimum Gasteiger partial charge on any atom is -0.493 e. The molecule has 0 saturated carbocycles. The Morgan fingerprint density at radius 2 is 1.42 bits per heavy atom. The summed E-state index contributed by atoms with van der Waals surface area (Å²) < 4.78 is 16.5. The third-order valence-corrected chi connectivity index (χ3v) is 9.62. The lowest BCUT2D eigenvalue weighted by Crippen LogP contribution is -2.57. The molecule has 6 rings (SSSR count). The predicted octanol–water partition coefficient (Wildman–Crippen LogP) is 3.54. The number of ether oxygens (including phenoxy) is 3. The summed E-state index contributed by atoms with van der Waals surface area (Å²) in [4.78, 5) is 68.6. The van der Waals surface area contributed by atoms with E-state index in [2.05, 4.69) is 16.0 Å². The van der Waals surface area contributed by atoms with Crippen LogP contribution in [0, 0.1) is 5.92 Å². The van der Waals surface area contributed by atoms with Crippen LogP contribution in [0.15, 0.2) is 90.3 Å². The Morgan fingerprint density at radius 3 is 2.08 bits per heavy atom. The summed E-state index contributed by atoms with van der Waals surface area (Å²) in [7, 11) is 2.98. The molecule has 4 atom stereocenters. The van der Waals surface area contributed by atoms with Gasteiger partial charge in [-0.2, -0.15) is 0 Å². The number of thiophene rings is 1. The van der Waals surface area contributed by atoms with Crippen molar-refractivity contribution < 1.29 is 43.3 Å². The summed E-state index contributed by atoms with van der Waals surface area (Å²) in [5, 5.41) is 20.4. The van der Waals surface area contributed by atoms with E-state index in [1.54, 1.807) is 54.6 Å². The number of hydrogen-bond donors (Lipinski definition) is 4. The molecule has 0 saturated heterocycles. The second kappa shape index (κ2) is 18.0. The number of carbonyl (C=O) groups is 5. The Bertz CT molecular complexity index is 1850. The Balaban J connectivity index is 1.52. The molecule has 3 heterocycles. The molecule has 4 N–H and O–H groups in total. The molecule has 0 aliphatic carbocycles. The topological polar surface area (TPSA) is 169 Å². The normalized spacial score (nSPS) is 20.3. The summed E-state index contributed by atoms with van der Waals surface area (Å²) in [5.41, 5.74) is 2.02. The maximum atomic E-state index is 14.3. The lowest BCUT2D eigenvalue weighted by Gasteiger charge is -2.26. The van der Waals surface area contributed by atoms with Crippen molar-refractivity contribution in [2.24, 2.45) is 5.92 Å². The Hall–Kier alpha value is -5.69. The number of benzene rings is 3. The van der Waals surface area contributed by atoms with Gasteiger partial charge in [-0.25, -0.2) is 0 Å². The van der Waals surface area contributed by atoms with Crippen molar-refractivity contribution in [2.45, 2.75) is 50.2 Å². The van der Waals surface area contributed by atoms with E-state index in [9.17, 15) is 29.1 Å². The highest BCUT2D eigenvalue weighted by Gasteiger charge is 2.33. The lowest BCUT2D eigenvalue weighted by atomic mass is 9.90. The molecule has 0 spiro atoms. The number of carboxylic acids is 1. The first-order valence-electron chi connectivity index (χ1n) is 16.8. The van der Waals surface area contributed by atoms with Gasteiger partial charge < -0.3 is 35.3 Å². The zero-order valence-corrected chi connectivity index (χ0v) is 29.7. The van der Waals surface area contributed by atoms with Crippen LogP contribution in [-0.4, -0.2) is 73.5 Å². The quantitative estimate of drug-likeness (QED) is 0.189. The predicted molar refractivity (Wildman–Crippen MR) is 194 cm³/mol.